The van der Waals surface area contributed by atoms with Gasteiger partial charge < -0.3 is 0 Å². The molecule has 3 heteroatoms. The predicted octanol–water partition coefficient (Wildman–Crippen LogP) is 3.37. The summed E-state index contributed by atoms with van der Waals surface area (Å²) in [5, 5.41) is 0.716. The standard InChI is InChI=1S/C15H20N2O/c1-2-3-4-5-8-11-17-12-16-14-10-7-6-9-13(14)15(17)18/h6-7,9-10,12H,2-5,8,11H2,1H3. The van der Waals surface area contributed by atoms with Gasteiger partial charge >= 0.3 is 0 Å². The maximum atomic E-state index is 12.2. The monoisotopic (exact) mass is 244 g/mol. The average Bonchev–Trinajstić information content (AvgIpc) is 2.41. The predicted molar refractivity (Wildman–Crippen MR) is 74.8 cm³/mol. The molecule has 0 fully saturated rings. The van der Waals surface area contributed by atoms with Crippen LogP contribution < -0.4 is 5.56 Å². The fourth-order valence-corrected chi connectivity index (χ4v) is 2.15. The van der Waals surface area contributed by atoms with Gasteiger partial charge in [0, 0.05) is 6.54 Å². The van der Waals surface area contributed by atoms with Crippen molar-refractivity contribution in [3.63, 3.8) is 0 Å². The number of rotatable bonds is 6. The van der Waals surface area contributed by atoms with E-state index >= 15 is 0 Å². The number of para-hydroxylation sites is 1. The van der Waals surface area contributed by atoms with Gasteiger partial charge in [-0.15, -0.1) is 0 Å². The van der Waals surface area contributed by atoms with E-state index in [0.29, 0.717) is 5.39 Å². The van der Waals surface area contributed by atoms with E-state index in [1.54, 1.807) is 10.9 Å². The van der Waals surface area contributed by atoms with Crippen molar-refractivity contribution in [3.8, 4) is 0 Å². The zero-order valence-electron chi connectivity index (χ0n) is 10.9. The van der Waals surface area contributed by atoms with E-state index in [0.717, 1.165) is 18.5 Å². The van der Waals surface area contributed by atoms with Crippen LogP contribution in [-0.2, 0) is 6.54 Å². The number of aromatic nitrogens is 2. The van der Waals surface area contributed by atoms with Crippen molar-refractivity contribution >= 4 is 10.9 Å². The lowest BCUT2D eigenvalue weighted by atomic mass is 10.1. The molecule has 2 aromatic rings. The van der Waals surface area contributed by atoms with Crippen LogP contribution in [0.3, 0.4) is 0 Å². The summed E-state index contributed by atoms with van der Waals surface area (Å²) in [6.45, 7) is 2.98. The van der Waals surface area contributed by atoms with Gasteiger partial charge in [0.2, 0.25) is 0 Å². The number of aryl methyl sites for hydroxylation is 1. The van der Waals surface area contributed by atoms with Gasteiger partial charge in [-0.2, -0.15) is 0 Å². The molecule has 0 aliphatic rings. The van der Waals surface area contributed by atoms with Crippen LogP contribution in [0.2, 0.25) is 0 Å². The number of unbranched alkanes of at least 4 members (excludes halogenated alkanes) is 4. The molecule has 18 heavy (non-hydrogen) atoms. The Hall–Kier alpha value is -1.64. The van der Waals surface area contributed by atoms with Gasteiger partial charge in [0.15, 0.2) is 0 Å². The maximum absolute atomic E-state index is 12.2. The van der Waals surface area contributed by atoms with E-state index < -0.39 is 0 Å². The third kappa shape index (κ3) is 2.97. The highest BCUT2D eigenvalue weighted by Gasteiger charge is 2.02. The topological polar surface area (TPSA) is 34.9 Å². The quantitative estimate of drug-likeness (QED) is 0.730. The van der Waals surface area contributed by atoms with Crippen LogP contribution in [0.15, 0.2) is 35.4 Å². The molecule has 0 aliphatic heterocycles. The summed E-state index contributed by atoms with van der Waals surface area (Å²) >= 11 is 0. The zero-order chi connectivity index (χ0) is 12.8. The van der Waals surface area contributed by atoms with Gasteiger partial charge in [-0.3, -0.25) is 9.36 Å². The molecule has 0 N–H and O–H groups in total. The zero-order valence-corrected chi connectivity index (χ0v) is 10.9. The molecule has 0 unspecified atom stereocenters. The second-order valence-corrected chi connectivity index (χ2v) is 4.67. The van der Waals surface area contributed by atoms with Gasteiger partial charge in [-0.25, -0.2) is 4.98 Å². The Bertz CT molecular complexity index is 560. The normalized spacial score (nSPS) is 10.9. The molecule has 0 saturated carbocycles. The third-order valence-corrected chi connectivity index (χ3v) is 3.23. The van der Waals surface area contributed by atoms with Crippen molar-refractivity contribution in [1.82, 2.24) is 9.55 Å². The van der Waals surface area contributed by atoms with E-state index in [1.807, 2.05) is 24.3 Å². The van der Waals surface area contributed by atoms with Gasteiger partial charge in [0.05, 0.1) is 17.2 Å². The fraction of sp³-hybridized carbons (Fsp3) is 0.467. The molecule has 1 aromatic heterocycles. The lowest BCUT2D eigenvalue weighted by molar-refractivity contribution is 0.556. The van der Waals surface area contributed by atoms with Crippen LogP contribution >= 0.6 is 0 Å². The first-order valence-corrected chi connectivity index (χ1v) is 6.77. The summed E-state index contributed by atoms with van der Waals surface area (Å²) in [4.78, 5) is 16.5. The van der Waals surface area contributed by atoms with E-state index in [4.69, 9.17) is 0 Å². The van der Waals surface area contributed by atoms with Crippen LogP contribution in [0, 0.1) is 0 Å². The molecule has 1 heterocycles. The smallest absolute Gasteiger partial charge is 0.261 e. The van der Waals surface area contributed by atoms with Crippen molar-refractivity contribution in [2.24, 2.45) is 0 Å². The molecule has 0 spiro atoms. The van der Waals surface area contributed by atoms with Crippen molar-refractivity contribution in [2.45, 2.75) is 45.6 Å². The second-order valence-electron chi connectivity index (χ2n) is 4.67. The molecule has 0 atom stereocenters. The summed E-state index contributed by atoms with van der Waals surface area (Å²) < 4.78 is 1.73. The third-order valence-electron chi connectivity index (χ3n) is 3.23. The molecule has 96 valence electrons. The minimum atomic E-state index is 0.0797. The Morgan fingerprint density at radius 3 is 2.72 bits per heavy atom. The summed E-state index contributed by atoms with van der Waals surface area (Å²) in [7, 11) is 0. The highest BCUT2D eigenvalue weighted by atomic mass is 16.1. The Kier molecular flexibility index (Phi) is 4.51. The number of benzene rings is 1. The molecular formula is C15H20N2O. The number of fused-ring (bicyclic) bond motifs is 1. The van der Waals surface area contributed by atoms with Crippen LogP contribution in [-0.4, -0.2) is 9.55 Å². The number of nitrogens with zero attached hydrogens (tertiary/aromatic N) is 2. The van der Waals surface area contributed by atoms with E-state index in [2.05, 4.69) is 11.9 Å². The Labute approximate surface area is 107 Å². The van der Waals surface area contributed by atoms with Crippen LogP contribution in [0.1, 0.15) is 39.0 Å². The summed E-state index contributed by atoms with van der Waals surface area (Å²) in [6, 6.07) is 7.52. The van der Waals surface area contributed by atoms with Gasteiger partial charge in [-0.1, -0.05) is 44.7 Å². The number of hydrogen-bond acceptors (Lipinski definition) is 2. The highest BCUT2D eigenvalue weighted by Crippen LogP contribution is 2.06. The molecule has 0 radical (unpaired) electrons. The van der Waals surface area contributed by atoms with Crippen molar-refractivity contribution in [3.05, 3.63) is 40.9 Å². The van der Waals surface area contributed by atoms with Crippen molar-refractivity contribution in [1.29, 1.82) is 0 Å². The maximum Gasteiger partial charge on any atom is 0.261 e. The second kappa shape index (κ2) is 6.34. The minimum Gasteiger partial charge on any atom is -0.299 e. The molecule has 0 bridgehead atoms. The molecule has 0 amide bonds. The summed E-state index contributed by atoms with van der Waals surface area (Å²) in [6.07, 6.45) is 7.70. The van der Waals surface area contributed by atoms with Gasteiger partial charge in [-0.05, 0) is 18.6 Å². The molecular weight excluding hydrogens is 224 g/mol. The first kappa shape index (κ1) is 12.8. The molecule has 3 nitrogen and oxygen atoms in total. The molecule has 0 aliphatic carbocycles. The Morgan fingerprint density at radius 2 is 1.89 bits per heavy atom. The summed E-state index contributed by atoms with van der Waals surface area (Å²) in [5.41, 5.74) is 0.862. The molecule has 0 saturated heterocycles. The van der Waals surface area contributed by atoms with Crippen LogP contribution in [0.5, 0.6) is 0 Å². The average molecular weight is 244 g/mol. The summed E-state index contributed by atoms with van der Waals surface area (Å²) in [5.74, 6) is 0. The Morgan fingerprint density at radius 1 is 1.11 bits per heavy atom. The van der Waals surface area contributed by atoms with Crippen LogP contribution in [0.25, 0.3) is 10.9 Å². The fourth-order valence-electron chi connectivity index (χ4n) is 2.15. The van der Waals surface area contributed by atoms with Gasteiger partial charge in [0.1, 0.15) is 0 Å². The highest BCUT2D eigenvalue weighted by molar-refractivity contribution is 5.76. The first-order valence-electron chi connectivity index (χ1n) is 6.77. The van der Waals surface area contributed by atoms with Crippen molar-refractivity contribution < 1.29 is 0 Å². The van der Waals surface area contributed by atoms with E-state index in [-0.39, 0.29) is 5.56 Å². The first-order chi connectivity index (χ1) is 8.83. The Balaban J connectivity index is 2.05. The van der Waals surface area contributed by atoms with E-state index in [9.17, 15) is 4.79 Å². The largest absolute Gasteiger partial charge is 0.299 e. The minimum absolute atomic E-state index is 0.0797. The SMILES string of the molecule is CCCCCCCn1cnc2ccccc2c1=O. The lowest BCUT2D eigenvalue weighted by Gasteiger charge is -2.06. The lowest BCUT2D eigenvalue weighted by Crippen LogP contribution is -2.20. The van der Waals surface area contributed by atoms with Gasteiger partial charge in [0.25, 0.3) is 5.56 Å². The molecule has 1 aromatic carbocycles. The van der Waals surface area contributed by atoms with Crippen molar-refractivity contribution in [2.75, 3.05) is 0 Å². The van der Waals surface area contributed by atoms with E-state index in [1.165, 1.54) is 25.7 Å². The van der Waals surface area contributed by atoms with Crippen LogP contribution in [0.4, 0.5) is 0 Å². The number of hydrogen-bond donors (Lipinski definition) is 0. The molecule has 2 rings (SSSR count).